The monoisotopic (exact) mass is 281 g/mol. The molecule has 0 unspecified atom stereocenters. The fourth-order valence-electron chi connectivity index (χ4n) is 2.51. The first kappa shape index (κ1) is 12.7. The van der Waals surface area contributed by atoms with Gasteiger partial charge in [0, 0.05) is 25.1 Å². The highest BCUT2D eigenvalue weighted by Crippen LogP contribution is 2.38. The van der Waals surface area contributed by atoms with Gasteiger partial charge in [-0.2, -0.15) is 0 Å². The van der Waals surface area contributed by atoms with Crippen molar-refractivity contribution in [1.82, 2.24) is 14.5 Å². The Hall–Kier alpha value is -1.36. The minimum Gasteiger partial charge on any atom is -0.341 e. The van der Waals surface area contributed by atoms with Crippen LogP contribution in [0.3, 0.4) is 0 Å². The average molecular weight is 282 g/mol. The number of amides is 1. The van der Waals surface area contributed by atoms with Gasteiger partial charge >= 0.3 is 0 Å². The molecule has 1 amide bonds. The van der Waals surface area contributed by atoms with Gasteiger partial charge in [0.25, 0.3) is 5.56 Å². The van der Waals surface area contributed by atoms with Gasteiger partial charge in [-0.05, 0) is 25.7 Å². The Morgan fingerprint density at radius 3 is 2.68 bits per heavy atom. The van der Waals surface area contributed by atoms with Gasteiger partial charge in [-0.15, -0.1) is 0 Å². The topological polar surface area (TPSA) is 55.2 Å². The summed E-state index contributed by atoms with van der Waals surface area (Å²) in [6.07, 6.45) is 4.14. The third-order valence-electron chi connectivity index (χ3n) is 3.70. The fraction of sp³-hybridized carbons (Fsp3) is 0.615. The van der Waals surface area contributed by atoms with Crippen molar-refractivity contribution in [3.8, 4) is 0 Å². The first-order valence-electron chi connectivity index (χ1n) is 6.70. The van der Waals surface area contributed by atoms with Crippen molar-refractivity contribution in [1.29, 1.82) is 0 Å². The van der Waals surface area contributed by atoms with Crippen LogP contribution in [0.4, 0.5) is 0 Å². The molecule has 0 radical (unpaired) electrons. The summed E-state index contributed by atoms with van der Waals surface area (Å²) in [7, 11) is 0. The summed E-state index contributed by atoms with van der Waals surface area (Å²) >= 11 is 5.84. The quantitative estimate of drug-likeness (QED) is 0.787. The maximum absolute atomic E-state index is 12.2. The van der Waals surface area contributed by atoms with E-state index < -0.39 is 0 Å². The summed E-state index contributed by atoms with van der Waals surface area (Å²) in [5.41, 5.74) is -0.227. The van der Waals surface area contributed by atoms with Crippen LogP contribution in [0.2, 0.25) is 5.15 Å². The number of likely N-dealkylation sites (tertiary alicyclic amines) is 1. The largest absolute Gasteiger partial charge is 0.341 e. The van der Waals surface area contributed by atoms with Crippen LogP contribution in [0.25, 0.3) is 0 Å². The highest BCUT2D eigenvalue weighted by Gasteiger charge is 2.30. The van der Waals surface area contributed by atoms with Crippen LogP contribution in [0.1, 0.15) is 37.4 Å². The molecule has 1 saturated heterocycles. The number of carbonyl (C=O) groups is 1. The SMILES string of the molecule is O=C(Cn1c(C2CC2)nc(Cl)cc1=O)N1CCCC1. The zero-order valence-corrected chi connectivity index (χ0v) is 11.4. The number of rotatable bonds is 3. The minimum absolute atomic E-state index is 0.00521. The molecule has 1 aliphatic carbocycles. The smallest absolute Gasteiger partial charge is 0.255 e. The van der Waals surface area contributed by atoms with Crippen molar-refractivity contribution in [2.75, 3.05) is 13.1 Å². The maximum atomic E-state index is 12.2. The van der Waals surface area contributed by atoms with Crippen LogP contribution in [-0.4, -0.2) is 33.4 Å². The highest BCUT2D eigenvalue weighted by atomic mass is 35.5. The Labute approximate surface area is 116 Å². The van der Waals surface area contributed by atoms with Crippen molar-refractivity contribution in [2.24, 2.45) is 0 Å². The van der Waals surface area contributed by atoms with E-state index >= 15 is 0 Å². The second-order valence-electron chi connectivity index (χ2n) is 5.22. The van der Waals surface area contributed by atoms with Crippen molar-refractivity contribution >= 4 is 17.5 Å². The van der Waals surface area contributed by atoms with Gasteiger partial charge in [0.1, 0.15) is 17.5 Å². The molecule has 102 valence electrons. The first-order chi connectivity index (χ1) is 9.15. The normalized spacial score (nSPS) is 18.9. The summed E-state index contributed by atoms with van der Waals surface area (Å²) in [5.74, 6) is 0.966. The fourth-order valence-corrected chi connectivity index (χ4v) is 2.69. The van der Waals surface area contributed by atoms with E-state index in [-0.39, 0.29) is 29.1 Å². The average Bonchev–Trinajstić information content (AvgIpc) is 3.06. The van der Waals surface area contributed by atoms with Crippen LogP contribution in [0.15, 0.2) is 10.9 Å². The molecule has 0 aromatic carbocycles. The van der Waals surface area contributed by atoms with E-state index in [0.29, 0.717) is 5.82 Å². The lowest BCUT2D eigenvalue weighted by Crippen LogP contribution is -2.36. The van der Waals surface area contributed by atoms with E-state index in [1.54, 1.807) is 0 Å². The summed E-state index contributed by atoms with van der Waals surface area (Å²) < 4.78 is 1.49. The third kappa shape index (κ3) is 2.66. The molecule has 19 heavy (non-hydrogen) atoms. The molecule has 2 fully saturated rings. The number of nitrogens with zero attached hydrogens (tertiary/aromatic N) is 3. The van der Waals surface area contributed by atoms with Crippen LogP contribution in [0.5, 0.6) is 0 Å². The van der Waals surface area contributed by atoms with Crippen LogP contribution in [-0.2, 0) is 11.3 Å². The number of hydrogen-bond acceptors (Lipinski definition) is 3. The van der Waals surface area contributed by atoms with E-state index in [1.165, 1.54) is 10.6 Å². The van der Waals surface area contributed by atoms with Crippen molar-refractivity contribution in [3.05, 3.63) is 27.4 Å². The Bertz CT molecular complexity index is 559. The zero-order chi connectivity index (χ0) is 13.4. The lowest BCUT2D eigenvalue weighted by Gasteiger charge is -2.17. The predicted molar refractivity (Wildman–Crippen MR) is 71.3 cm³/mol. The lowest BCUT2D eigenvalue weighted by molar-refractivity contribution is -0.130. The second kappa shape index (κ2) is 4.96. The van der Waals surface area contributed by atoms with Gasteiger partial charge in [0.2, 0.25) is 5.91 Å². The van der Waals surface area contributed by atoms with Crippen LogP contribution >= 0.6 is 11.6 Å². The molecule has 1 aliphatic heterocycles. The summed E-state index contributed by atoms with van der Waals surface area (Å²) in [6, 6.07) is 1.28. The molecule has 0 bridgehead atoms. The Balaban J connectivity index is 1.87. The molecule has 0 N–H and O–H groups in total. The standard InChI is InChI=1S/C13H16ClN3O2/c14-10-7-11(18)17(13(15-10)9-3-4-9)8-12(19)16-5-1-2-6-16/h7,9H,1-6,8H2. The molecule has 6 heteroatoms. The van der Waals surface area contributed by atoms with Crippen LogP contribution < -0.4 is 5.56 Å². The maximum Gasteiger partial charge on any atom is 0.255 e. The third-order valence-corrected chi connectivity index (χ3v) is 3.89. The van der Waals surface area contributed by atoms with E-state index in [4.69, 9.17) is 11.6 Å². The molecule has 2 heterocycles. The number of aromatic nitrogens is 2. The van der Waals surface area contributed by atoms with E-state index in [1.807, 2.05) is 4.90 Å². The van der Waals surface area contributed by atoms with Gasteiger partial charge in [0.05, 0.1) is 0 Å². The predicted octanol–water partition coefficient (Wildman–Crippen LogP) is 1.40. The molecule has 3 rings (SSSR count). The van der Waals surface area contributed by atoms with Crippen LogP contribution in [0, 0.1) is 0 Å². The van der Waals surface area contributed by atoms with E-state index in [2.05, 4.69) is 4.98 Å². The highest BCUT2D eigenvalue weighted by molar-refractivity contribution is 6.29. The molecule has 1 aromatic heterocycles. The van der Waals surface area contributed by atoms with Gasteiger partial charge in [0.15, 0.2) is 0 Å². The minimum atomic E-state index is -0.227. The molecule has 5 nitrogen and oxygen atoms in total. The zero-order valence-electron chi connectivity index (χ0n) is 10.6. The summed E-state index contributed by atoms with van der Waals surface area (Å²) in [5, 5.41) is 0.219. The van der Waals surface area contributed by atoms with E-state index in [9.17, 15) is 9.59 Å². The van der Waals surface area contributed by atoms with Crippen molar-refractivity contribution in [2.45, 2.75) is 38.1 Å². The Kier molecular flexibility index (Phi) is 3.31. The molecule has 2 aliphatic rings. The molecular formula is C13H16ClN3O2. The number of carbonyl (C=O) groups excluding carboxylic acids is 1. The molecular weight excluding hydrogens is 266 g/mol. The number of hydrogen-bond donors (Lipinski definition) is 0. The van der Waals surface area contributed by atoms with Crippen molar-refractivity contribution < 1.29 is 4.79 Å². The Morgan fingerprint density at radius 2 is 2.05 bits per heavy atom. The van der Waals surface area contributed by atoms with Gasteiger partial charge < -0.3 is 4.90 Å². The second-order valence-corrected chi connectivity index (χ2v) is 5.61. The summed E-state index contributed by atoms with van der Waals surface area (Å²) in [6.45, 7) is 1.69. The Morgan fingerprint density at radius 1 is 1.37 bits per heavy atom. The molecule has 1 aromatic rings. The van der Waals surface area contributed by atoms with Crippen molar-refractivity contribution in [3.63, 3.8) is 0 Å². The molecule has 0 atom stereocenters. The van der Waals surface area contributed by atoms with Gasteiger partial charge in [-0.1, -0.05) is 11.6 Å². The van der Waals surface area contributed by atoms with Gasteiger partial charge in [-0.3, -0.25) is 14.2 Å². The first-order valence-corrected chi connectivity index (χ1v) is 7.08. The lowest BCUT2D eigenvalue weighted by atomic mass is 10.3. The molecule has 0 spiro atoms. The summed E-state index contributed by atoms with van der Waals surface area (Å²) in [4.78, 5) is 30.2. The van der Waals surface area contributed by atoms with E-state index in [0.717, 1.165) is 38.8 Å². The van der Waals surface area contributed by atoms with Gasteiger partial charge in [-0.25, -0.2) is 4.98 Å². The molecule has 1 saturated carbocycles. The number of halogens is 1.